The first-order chi connectivity index (χ1) is 9.27. The molecule has 7 heteroatoms. The normalized spacial score (nSPS) is 11.4. The standard InChI is InChI=1S/C13H9ClF3IN2/c14-7-1-3-11(9(5-7)13(15,16)17)20-12-4-2-8(19)6-10(12)18/h1-6,20H,19H2. The Labute approximate surface area is 132 Å². The minimum absolute atomic E-state index is 0.0369. The molecular weight excluding hydrogens is 404 g/mol. The molecule has 0 heterocycles. The second-order valence-electron chi connectivity index (χ2n) is 4.05. The number of rotatable bonds is 2. The van der Waals surface area contributed by atoms with Crippen LogP contribution in [0.1, 0.15) is 5.56 Å². The highest BCUT2D eigenvalue weighted by atomic mass is 127. The molecule has 0 aliphatic carbocycles. The molecule has 0 saturated carbocycles. The maximum absolute atomic E-state index is 13.0. The summed E-state index contributed by atoms with van der Waals surface area (Å²) in [6, 6.07) is 8.53. The van der Waals surface area contributed by atoms with Crippen LogP contribution in [0.15, 0.2) is 36.4 Å². The van der Waals surface area contributed by atoms with Crippen LogP contribution in [0.4, 0.5) is 30.2 Å². The van der Waals surface area contributed by atoms with E-state index in [4.69, 9.17) is 17.3 Å². The minimum Gasteiger partial charge on any atom is -0.399 e. The van der Waals surface area contributed by atoms with Gasteiger partial charge in [-0.1, -0.05) is 11.6 Å². The third-order valence-corrected chi connectivity index (χ3v) is 3.68. The summed E-state index contributed by atoms with van der Waals surface area (Å²) < 4.78 is 39.7. The lowest BCUT2D eigenvalue weighted by Crippen LogP contribution is -2.09. The van der Waals surface area contributed by atoms with Gasteiger partial charge in [0.25, 0.3) is 0 Å². The number of nitrogen functional groups attached to an aromatic ring is 1. The molecule has 0 aliphatic rings. The second-order valence-corrected chi connectivity index (χ2v) is 5.65. The van der Waals surface area contributed by atoms with E-state index < -0.39 is 11.7 Å². The quantitative estimate of drug-likeness (QED) is 0.520. The number of alkyl halides is 3. The first kappa shape index (κ1) is 15.2. The van der Waals surface area contributed by atoms with Gasteiger partial charge in [-0.25, -0.2) is 0 Å². The van der Waals surface area contributed by atoms with Gasteiger partial charge >= 0.3 is 6.18 Å². The Bertz CT molecular complexity index is 644. The van der Waals surface area contributed by atoms with Gasteiger partial charge in [-0.2, -0.15) is 13.2 Å². The molecule has 0 atom stereocenters. The van der Waals surface area contributed by atoms with Crippen molar-refractivity contribution in [1.29, 1.82) is 0 Å². The number of benzene rings is 2. The first-order valence-electron chi connectivity index (χ1n) is 5.46. The van der Waals surface area contributed by atoms with Crippen LogP contribution in [0.3, 0.4) is 0 Å². The zero-order valence-electron chi connectivity index (χ0n) is 9.93. The number of nitrogens with one attached hydrogen (secondary N) is 1. The topological polar surface area (TPSA) is 38.0 Å². The lowest BCUT2D eigenvalue weighted by molar-refractivity contribution is -0.136. The van der Waals surface area contributed by atoms with Gasteiger partial charge in [0.1, 0.15) is 0 Å². The molecule has 0 amide bonds. The van der Waals surface area contributed by atoms with E-state index in [-0.39, 0.29) is 10.7 Å². The lowest BCUT2D eigenvalue weighted by atomic mass is 10.1. The Kier molecular flexibility index (Phi) is 4.33. The van der Waals surface area contributed by atoms with Gasteiger partial charge in [0.2, 0.25) is 0 Å². The number of nitrogens with two attached hydrogens (primary N) is 1. The van der Waals surface area contributed by atoms with Crippen molar-refractivity contribution in [1.82, 2.24) is 0 Å². The lowest BCUT2D eigenvalue weighted by Gasteiger charge is -2.16. The van der Waals surface area contributed by atoms with E-state index in [1.807, 2.05) is 22.6 Å². The Morgan fingerprint density at radius 3 is 2.30 bits per heavy atom. The number of hydrogen-bond donors (Lipinski definition) is 2. The van der Waals surface area contributed by atoms with Crippen LogP contribution in [0.5, 0.6) is 0 Å². The van der Waals surface area contributed by atoms with Gasteiger partial charge < -0.3 is 11.1 Å². The van der Waals surface area contributed by atoms with Crippen molar-refractivity contribution in [2.45, 2.75) is 6.18 Å². The molecule has 3 N–H and O–H groups in total. The van der Waals surface area contributed by atoms with Crippen LogP contribution in [0, 0.1) is 3.57 Å². The Morgan fingerprint density at radius 2 is 1.70 bits per heavy atom. The predicted molar refractivity (Wildman–Crippen MR) is 83.3 cm³/mol. The van der Waals surface area contributed by atoms with E-state index in [9.17, 15) is 13.2 Å². The van der Waals surface area contributed by atoms with Gasteiger partial charge in [-0.3, -0.25) is 0 Å². The van der Waals surface area contributed by atoms with Crippen LogP contribution in [0.2, 0.25) is 5.02 Å². The molecule has 0 aromatic heterocycles. The maximum atomic E-state index is 13.0. The molecule has 0 aliphatic heterocycles. The zero-order chi connectivity index (χ0) is 14.9. The number of hydrogen-bond acceptors (Lipinski definition) is 2. The highest BCUT2D eigenvalue weighted by Gasteiger charge is 2.33. The van der Waals surface area contributed by atoms with Crippen molar-refractivity contribution in [2.24, 2.45) is 0 Å². The molecule has 0 radical (unpaired) electrons. The highest BCUT2D eigenvalue weighted by Crippen LogP contribution is 2.38. The summed E-state index contributed by atoms with van der Waals surface area (Å²) in [6.07, 6.45) is -4.48. The molecule has 0 bridgehead atoms. The molecule has 2 aromatic rings. The van der Waals surface area contributed by atoms with Crippen molar-refractivity contribution < 1.29 is 13.2 Å². The van der Waals surface area contributed by atoms with Crippen LogP contribution >= 0.6 is 34.2 Å². The van der Waals surface area contributed by atoms with Gasteiger partial charge in [-0.05, 0) is 59.0 Å². The molecular formula is C13H9ClF3IN2. The summed E-state index contributed by atoms with van der Waals surface area (Å²) in [4.78, 5) is 0. The average Bonchev–Trinajstić information content (AvgIpc) is 2.33. The monoisotopic (exact) mass is 412 g/mol. The SMILES string of the molecule is Nc1ccc(Nc2ccc(Cl)cc2C(F)(F)F)c(I)c1. The summed E-state index contributed by atoms with van der Waals surface area (Å²) in [7, 11) is 0. The minimum atomic E-state index is -4.48. The first-order valence-corrected chi connectivity index (χ1v) is 6.92. The van der Waals surface area contributed by atoms with Crippen molar-refractivity contribution in [3.8, 4) is 0 Å². The Morgan fingerprint density at radius 1 is 1.05 bits per heavy atom. The van der Waals surface area contributed by atoms with Crippen LogP contribution < -0.4 is 11.1 Å². The highest BCUT2D eigenvalue weighted by molar-refractivity contribution is 14.1. The van der Waals surface area contributed by atoms with Crippen LogP contribution in [-0.4, -0.2) is 0 Å². The van der Waals surface area contributed by atoms with Crippen molar-refractivity contribution in [3.63, 3.8) is 0 Å². The summed E-state index contributed by atoms with van der Waals surface area (Å²) in [5.41, 5.74) is 5.85. The molecule has 2 nitrogen and oxygen atoms in total. The number of anilines is 3. The van der Waals surface area contributed by atoms with Gasteiger partial charge in [0, 0.05) is 14.3 Å². The molecule has 0 fully saturated rings. The van der Waals surface area contributed by atoms with Gasteiger partial charge in [-0.15, -0.1) is 0 Å². The zero-order valence-corrected chi connectivity index (χ0v) is 12.8. The summed E-state index contributed by atoms with van der Waals surface area (Å²) in [5.74, 6) is 0. The summed E-state index contributed by atoms with van der Waals surface area (Å²) in [5, 5.41) is 2.80. The molecule has 106 valence electrons. The van der Waals surface area contributed by atoms with E-state index in [0.29, 0.717) is 11.4 Å². The molecule has 20 heavy (non-hydrogen) atoms. The second kappa shape index (κ2) is 5.69. The average molecular weight is 413 g/mol. The largest absolute Gasteiger partial charge is 0.418 e. The van der Waals surface area contributed by atoms with Crippen molar-refractivity contribution in [2.75, 3.05) is 11.1 Å². The maximum Gasteiger partial charge on any atom is 0.418 e. The Hall–Kier alpha value is -1.15. The molecule has 2 aromatic carbocycles. The van der Waals surface area contributed by atoms with Gasteiger partial charge in [0.15, 0.2) is 0 Å². The van der Waals surface area contributed by atoms with E-state index >= 15 is 0 Å². The third-order valence-electron chi connectivity index (χ3n) is 2.55. The van der Waals surface area contributed by atoms with E-state index in [1.165, 1.54) is 12.1 Å². The number of halogens is 5. The fourth-order valence-electron chi connectivity index (χ4n) is 1.64. The molecule has 0 saturated heterocycles. The fourth-order valence-corrected chi connectivity index (χ4v) is 2.48. The molecule has 0 unspecified atom stereocenters. The van der Waals surface area contributed by atoms with Crippen LogP contribution in [-0.2, 0) is 6.18 Å². The van der Waals surface area contributed by atoms with E-state index in [2.05, 4.69) is 5.32 Å². The van der Waals surface area contributed by atoms with Crippen molar-refractivity contribution in [3.05, 3.63) is 50.6 Å². The smallest absolute Gasteiger partial charge is 0.399 e. The Balaban J connectivity index is 2.43. The fraction of sp³-hybridized carbons (Fsp3) is 0.0769. The third kappa shape index (κ3) is 3.49. The molecule has 2 rings (SSSR count). The predicted octanol–water partition coefficient (Wildman–Crippen LogP) is 5.29. The van der Waals surface area contributed by atoms with Gasteiger partial charge in [0.05, 0.1) is 16.9 Å². The summed E-state index contributed by atoms with van der Waals surface area (Å²) >= 11 is 7.63. The summed E-state index contributed by atoms with van der Waals surface area (Å²) in [6.45, 7) is 0. The molecule has 0 spiro atoms. The van der Waals surface area contributed by atoms with E-state index in [0.717, 1.165) is 9.64 Å². The van der Waals surface area contributed by atoms with Crippen molar-refractivity contribution >= 4 is 51.3 Å². The van der Waals surface area contributed by atoms with Crippen LogP contribution in [0.25, 0.3) is 0 Å². The van der Waals surface area contributed by atoms with E-state index in [1.54, 1.807) is 18.2 Å².